The molecule has 6 nitrogen and oxygen atoms in total. The maximum atomic E-state index is 12.5. The zero-order valence-corrected chi connectivity index (χ0v) is 17.1. The van der Waals surface area contributed by atoms with E-state index in [2.05, 4.69) is 10.6 Å². The van der Waals surface area contributed by atoms with E-state index in [-0.39, 0.29) is 30.1 Å². The molecule has 1 aliphatic heterocycles. The lowest BCUT2D eigenvalue weighted by Gasteiger charge is -2.10. The van der Waals surface area contributed by atoms with Crippen molar-refractivity contribution >= 4 is 23.4 Å². The first-order chi connectivity index (χ1) is 15.0. The molecule has 1 aliphatic rings. The second-order valence-electron chi connectivity index (χ2n) is 7.61. The van der Waals surface area contributed by atoms with E-state index < -0.39 is 0 Å². The lowest BCUT2D eigenvalue weighted by Crippen LogP contribution is -2.22. The number of anilines is 1. The van der Waals surface area contributed by atoms with E-state index in [0.29, 0.717) is 23.4 Å². The Balaban J connectivity index is 1.34. The molecule has 6 heteroatoms. The van der Waals surface area contributed by atoms with Gasteiger partial charge in [0.1, 0.15) is 11.5 Å². The first kappa shape index (κ1) is 20.3. The van der Waals surface area contributed by atoms with E-state index in [9.17, 15) is 14.4 Å². The fourth-order valence-corrected chi connectivity index (χ4v) is 3.47. The Morgan fingerprint density at radius 3 is 2.39 bits per heavy atom. The van der Waals surface area contributed by atoms with Crippen molar-refractivity contribution in [1.29, 1.82) is 0 Å². The summed E-state index contributed by atoms with van der Waals surface area (Å²) in [4.78, 5) is 35.5. The molecule has 0 aromatic heterocycles. The van der Waals surface area contributed by atoms with Gasteiger partial charge < -0.3 is 10.1 Å². The number of aryl methyl sites for hydroxylation is 1. The van der Waals surface area contributed by atoms with Crippen molar-refractivity contribution in [2.45, 2.75) is 19.8 Å². The highest BCUT2D eigenvalue weighted by molar-refractivity contribution is 6.04. The van der Waals surface area contributed by atoms with Gasteiger partial charge in [0.15, 0.2) is 0 Å². The Labute approximate surface area is 180 Å². The van der Waals surface area contributed by atoms with E-state index in [1.54, 1.807) is 36.4 Å². The highest BCUT2D eigenvalue weighted by Gasteiger charge is 2.30. The van der Waals surface area contributed by atoms with Gasteiger partial charge in [-0.2, -0.15) is 0 Å². The fourth-order valence-electron chi connectivity index (χ4n) is 3.47. The summed E-state index contributed by atoms with van der Waals surface area (Å²) in [6.07, 6.45) is 0.687. The van der Waals surface area contributed by atoms with Crippen molar-refractivity contribution in [2.75, 3.05) is 5.32 Å². The number of amides is 3. The van der Waals surface area contributed by atoms with Gasteiger partial charge in [0.25, 0.3) is 5.91 Å². The molecule has 3 aromatic rings. The second kappa shape index (κ2) is 8.83. The Morgan fingerprint density at radius 2 is 1.74 bits per heavy atom. The molecule has 3 aromatic carbocycles. The molecular formula is C25H22N2O4. The van der Waals surface area contributed by atoms with Crippen molar-refractivity contribution in [3.8, 4) is 11.5 Å². The van der Waals surface area contributed by atoms with Crippen molar-refractivity contribution < 1.29 is 19.1 Å². The van der Waals surface area contributed by atoms with Gasteiger partial charge in [0, 0.05) is 17.7 Å². The Kier molecular flexibility index (Phi) is 5.80. The van der Waals surface area contributed by atoms with Gasteiger partial charge in [-0.15, -0.1) is 0 Å². The second-order valence-corrected chi connectivity index (χ2v) is 7.61. The lowest BCUT2D eigenvalue weighted by molar-refractivity contribution is -0.125. The number of rotatable bonds is 6. The molecule has 4 rings (SSSR count). The molecule has 1 atom stereocenters. The highest BCUT2D eigenvalue weighted by atomic mass is 16.5. The largest absolute Gasteiger partial charge is 0.457 e. The summed E-state index contributed by atoms with van der Waals surface area (Å²) in [6.45, 7) is 2.00. The summed E-state index contributed by atoms with van der Waals surface area (Å²) in [6, 6.07) is 22.0. The standard InChI is InChI=1S/C25H22N2O4/c1-16-3-2-4-22(13-16)31-21-11-9-20(10-12-21)26-24(29)18-7-5-17(6-8-18)14-19-15-23(28)27-25(19)30/h2-13,19H,14-15H2,1H3,(H,26,29)(H,27,28,30). The number of imide groups is 1. The molecule has 1 saturated heterocycles. The summed E-state index contributed by atoms with van der Waals surface area (Å²) in [5, 5.41) is 5.17. The molecule has 0 radical (unpaired) electrons. The average molecular weight is 414 g/mol. The topological polar surface area (TPSA) is 84.5 Å². The van der Waals surface area contributed by atoms with Crippen LogP contribution in [-0.2, 0) is 16.0 Å². The van der Waals surface area contributed by atoms with E-state index in [1.807, 2.05) is 43.3 Å². The first-order valence-electron chi connectivity index (χ1n) is 10.0. The molecular weight excluding hydrogens is 392 g/mol. The molecule has 1 fully saturated rings. The Bertz CT molecular complexity index is 1120. The third-order valence-corrected chi connectivity index (χ3v) is 5.10. The third-order valence-electron chi connectivity index (χ3n) is 5.10. The minimum absolute atomic E-state index is 0.213. The van der Waals surface area contributed by atoms with Crippen LogP contribution in [0.1, 0.15) is 27.9 Å². The SMILES string of the molecule is Cc1cccc(Oc2ccc(NC(=O)c3ccc(CC4CC(=O)NC4=O)cc3)cc2)c1. The summed E-state index contributed by atoms with van der Waals surface area (Å²) < 4.78 is 5.82. The molecule has 1 heterocycles. The molecule has 0 aliphatic carbocycles. The van der Waals surface area contributed by atoms with Crippen LogP contribution in [0, 0.1) is 12.8 Å². The summed E-state index contributed by atoms with van der Waals surface area (Å²) in [7, 11) is 0. The van der Waals surface area contributed by atoms with Gasteiger partial charge >= 0.3 is 0 Å². The minimum atomic E-state index is -0.340. The van der Waals surface area contributed by atoms with Gasteiger partial charge in [-0.25, -0.2) is 0 Å². The number of ether oxygens (including phenoxy) is 1. The minimum Gasteiger partial charge on any atom is -0.457 e. The average Bonchev–Trinajstić information content (AvgIpc) is 3.06. The van der Waals surface area contributed by atoms with Crippen LogP contribution in [-0.4, -0.2) is 17.7 Å². The predicted octanol–water partition coefficient (Wildman–Crippen LogP) is 4.24. The predicted molar refractivity (Wildman–Crippen MR) is 117 cm³/mol. The molecule has 31 heavy (non-hydrogen) atoms. The maximum Gasteiger partial charge on any atom is 0.255 e. The molecule has 0 bridgehead atoms. The van der Waals surface area contributed by atoms with E-state index in [4.69, 9.17) is 4.74 Å². The van der Waals surface area contributed by atoms with Crippen molar-refractivity contribution in [2.24, 2.45) is 5.92 Å². The van der Waals surface area contributed by atoms with Gasteiger partial charge in [-0.05, 0) is 73.0 Å². The quantitative estimate of drug-likeness (QED) is 0.591. The van der Waals surface area contributed by atoms with Gasteiger partial charge in [-0.3, -0.25) is 19.7 Å². The van der Waals surface area contributed by atoms with Crippen LogP contribution in [0.4, 0.5) is 5.69 Å². The zero-order chi connectivity index (χ0) is 21.8. The van der Waals surface area contributed by atoms with Gasteiger partial charge in [-0.1, -0.05) is 24.3 Å². The monoisotopic (exact) mass is 414 g/mol. The van der Waals surface area contributed by atoms with Crippen molar-refractivity contribution in [1.82, 2.24) is 5.32 Å². The van der Waals surface area contributed by atoms with Gasteiger partial charge in [0.2, 0.25) is 11.8 Å². The summed E-state index contributed by atoms with van der Waals surface area (Å²) in [5.74, 6) is 0.405. The highest BCUT2D eigenvalue weighted by Crippen LogP contribution is 2.24. The van der Waals surface area contributed by atoms with Crippen LogP contribution in [0.2, 0.25) is 0 Å². The Hall–Kier alpha value is -3.93. The lowest BCUT2D eigenvalue weighted by atomic mass is 9.97. The molecule has 0 spiro atoms. The van der Waals surface area contributed by atoms with Crippen molar-refractivity contribution in [3.63, 3.8) is 0 Å². The van der Waals surface area contributed by atoms with Crippen LogP contribution >= 0.6 is 0 Å². The first-order valence-corrected chi connectivity index (χ1v) is 10.0. The Morgan fingerprint density at radius 1 is 1.00 bits per heavy atom. The number of benzene rings is 3. The number of nitrogens with one attached hydrogen (secondary N) is 2. The molecule has 156 valence electrons. The van der Waals surface area contributed by atoms with Gasteiger partial charge in [0.05, 0.1) is 5.92 Å². The normalized spacial score (nSPS) is 15.5. The third kappa shape index (κ3) is 5.17. The van der Waals surface area contributed by atoms with Crippen LogP contribution in [0.15, 0.2) is 72.8 Å². The van der Waals surface area contributed by atoms with Crippen molar-refractivity contribution in [3.05, 3.63) is 89.5 Å². The summed E-state index contributed by atoms with van der Waals surface area (Å²) in [5.41, 5.74) is 3.19. The number of hydrogen-bond acceptors (Lipinski definition) is 4. The number of carbonyl (C=O) groups excluding carboxylic acids is 3. The molecule has 1 unspecified atom stereocenters. The molecule has 3 amide bonds. The maximum absolute atomic E-state index is 12.5. The van der Waals surface area contributed by atoms with E-state index in [1.165, 1.54) is 0 Å². The van der Waals surface area contributed by atoms with E-state index >= 15 is 0 Å². The molecule has 2 N–H and O–H groups in total. The van der Waals surface area contributed by atoms with E-state index in [0.717, 1.165) is 16.9 Å². The van der Waals surface area contributed by atoms with Crippen LogP contribution < -0.4 is 15.4 Å². The fraction of sp³-hybridized carbons (Fsp3) is 0.160. The zero-order valence-electron chi connectivity index (χ0n) is 17.1. The molecule has 0 saturated carbocycles. The van der Waals surface area contributed by atoms with Crippen LogP contribution in [0.5, 0.6) is 11.5 Å². The smallest absolute Gasteiger partial charge is 0.255 e. The van der Waals surface area contributed by atoms with Crippen LogP contribution in [0.3, 0.4) is 0 Å². The number of hydrogen-bond donors (Lipinski definition) is 2. The van der Waals surface area contributed by atoms with Crippen LogP contribution in [0.25, 0.3) is 0 Å². The number of carbonyl (C=O) groups is 3. The summed E-state index contributed by atoms with van der Waals surface area (Å²) >= 11 is 0.